The molecule has 0 spiro atoms. The molecular formula is C18H30O2. The Hall–Kier alpha value is -1.23. The van der Waals surface area contributed by atoms with Gasteiger partial charge < -0.3 is 4.74 Å². The summed E-state index contributed by atoms with van der Waals surface area (Å²) in [6.45, 7) is 4.24. The van der Waals surface area contributed by atoms with Crippen LogP contribution in [0.1, 0.15) is 78.1 Å². The third-order valence-electron chi connectivity index (χ3n) is 3.03. The molecule has 20 heavy (non-hydrogen) atoms. The van der Waals surface area contributed by atoms with E-state index in [0.29, 0.717) is 6.61 Å². The van der Waals surface area contributed by atoms with Crippen LogP contribution in [-0.4, -0.2) is 12.6 Å². The Labute approximate surface area is 125 Å². The molecule has 2 heteroatoms. The molecule has 114 valence electrons. The van der Waals surface area contributed by atoms with Gasteiger partial charge in [-0.25, -0.2) is 0 Å². The lowest BCUT2D eigenvalue weighted by atomic mass is 10.1. The number of unbranched alkanes of at least 4 members (excludes halogenated alkanes) is 8. The standard InChI is InChI=1S/C18H30O2/c1-3-4-5-6-7-8-9-10-11-12-13-14-15-16-17-20-18(2)19/h6-7H,3-5,10-17H2,1-2H3. The van der Waals surface area contributed by atoms with Gasteiger partial charge in [0.25, 0.3) is 0 Å². The van der Waals surface area contributed by atoms with E-state index in [-0.39, 0.29) is 5.97 Å². The van der Waals surface area contributed by atoms with Crippen molar-refractivity contribution in [3.8, 4) is 11.8 Å². The van der Waals surface area contributed by atoms with Gasteiger partial charge in [0.2, 0.25) is 0 Å². The monoisotopic (exact) mass is 278 g/mol. The van der Waals surface area contributed by atoms with Crippen LogP contribution in [0.25, 0.3) is 0 Å². The number of allylic oxidation sites excluding steroid dienone is 2. The molecule has 0 bridgehead atoms. The average Bonchev–Trinajstić information content (AvgIpc) is 2.43. The molecule has 0 aliphatic rings. The molecule has 0 saturated carbocycles. The maximum atomic E-state index is 10.5. The Kier molecular flexibility index (Phi) is 14.9. The topological polar surface area (TPSA) is 26.3 Å². The predicted molar refractivity (Wildman–Crippen MR) is 85.4 cm³/mol. The van der Waals surface area contributed by atoms with Crippen LogP contribution in [0.4, 0.5) is 0 Å². The minimum atomic E-state index is -0.174. The lowest BCUT2D eigenvalue weighted by molar-refractivity contribution is -0.141. The Morgan fingerprint density at radius 2 is 1.75 bits per heavy atom. The fraction of sp³-hybridized carbons (Fsp3) is 0.722. The fourth-order valence-corrected chi connectivity index (χ4v) is 1.83. The highest BCUT2D eigenvalue weighted by Crippen LogP contribution is 2.06. The summed E-state index contributed by atoms with van der Waals surface area (Å²) in [7, 11) is 0. The van der Waals surface area contributed by atoms with Crippen molar-refractivity contribution in [2.24, 2.45) is 0 Å². The summed E-state index contributed by atoms with van der Waals surface area (Å²) in [6, 6.07) is 0. The van der Waals surface area contributed by atoms with Gasteiger partial charge >= 0.3 is 5.97 Å². The number of hydrogen-bond acceptors (Lipinski definition) is 2. The van der Waals surface area contributed by atoms with Crippen LogP contribution in [0.2, 0.25) is 0 Å². The first-order valence-electron chi connectivity index (χ1n) is 8.04. The van der Waals surface area contributed by atoms with Gasteiger partial charge in [0.15, 0.2) is 0 Å². The molecule has 0 aliphatic heterocycles. The van der Waals surface area contributed by atoms with Crippen molar-refractivity contribution in [2.75, 3.05) is 6.61 Å². The summed E-state index contributed by atoms with van der Waals surface area (Å²) in [5, 5.41) is 0. The van der Waals surface area contributed by atoms with Gasteiger partial charge in [0.05, 0.1) is 6.61 Å². The lowest BCUT2D eigenvalue weighted by Gasteiger charge is -2.01. The first-order chi connectivity index (χ1) is 9.77. The van der Waals surface area contributed by atoms with Crippen molar-refractivity contribution in [3.63, 3.8) is 0 Å². The van der Waals surface area contributed by atoms with E-state index >= 15 is 0 Å². The minimum absolute atomic E-state index is 0.174. The van der Waals surface area contributed by atoms with E-state index < -0.39 is 0 Å². The third-order valence-corrected chi connectivity index (χ3v) is 3.03. The van der Waals surface area contributed by atoms with E-state index in [4.69, 9.17) is 4.74 Å². The van der Waals surface area contributed by atoms with Crippen molar-refractivity contribution in [2.45, 2.75) is 78.1 Å². The smallest absolute Gasteiger partial charge is 0.302 e. The van der Waals surface area contributed by atoms with Gasteiger partial charge in [-0.1, -0.05) is 63.4 Å². The van der Waals surface area contributed by atoms with Crippen LogP contribution in [0, 0.1) is 11.8 Å². The zero-order valence-corrected chi connectivity index (χ0v) is 13.2. The molecule has 0 fully saturated rings. The molecule has 0 aromatic carbocycles. The van der Waals surface area contributed by atoms with Crippen molar-refractivity contribution in [3.05, 3.63) is 12.2 Å². The van der Waals surface area contributed by atoms with Crippen molar-refractivity contribution in [1.29, 1.82) is 0 Å². The Morgan fingerprint density at radius 1 is 1.05 bits per heavy atom. The third kappa shape index (κ3) is 16.8. The van der Waals surface area contributed by atoms with Gasteiger partial charge in [-0.2, -0.15) is 0 Å². The molecule has 0 rings (SSSR count). The van der Waals surface area contributed by atoms with Gasteiger partial charge in [0, 0.05) is 13.3 Å². The first kappa shape index (κ1) is 18.8. The Bertz CT molecular complexity index is 307. The van der Waals surface area contributed by atoms with Crippen LogP contribution in [0.15, 0.2) is 12.2 Å². The van der Waals surface area contributed by atoms with E-state index in [2.05, 4.69) is 24.8 Å². The second kappa shape index (κ2) is 15.8. The number of carbonyl (C=O) groups is 1. The largest absolute Gasteiger partial charge is 0.466 e. The highest BCUT2D eigenvalue weighted by Gasteiger charge is 1.93. The number of carbonyl (C=O) groups excluding carboxylic acids is 1. The van der Waals surface area contributed by atoms with E-state index in [1.54, 1.807) is 0 Å². The van der Waals surface area contributed by atoms with E-state index in [9.17, 15) is 4.79 Å². The molecule has 2 nitrogen and oxygen atoms in total. The molecule has 0 aliphatic carbocycles. The summed E-state index contributed by atoms with van der Waals surface area (Å²) >= 11 is 0. The zero-order chi connectivity index (χ0) is 14.9. The van der Waals surface area contributed by atoms with E-state index in [0.717, 1.165) is 25.7 Å². The summed E-state index contributed by atoms with van der Waals surface area (Å²) in [5.41, 5.74) is 0. The van der Waals surface area contributed by atoms with Gasteiger partial charge in [-0.3, -0.25) is 4.79 Å². The first-order valence-corrected chi connectivity index (χ1v) is 8.04. The van der Waals surface area contributed by atoms with Crippen molar-refractivity contribution in [1.82, 2.24) is 0 Å². The maximum absolute atomic E-state index is 10.5. The lowest BCUT2D eigenvalue weighted by Crippen LogP contribution is -1.99. The number of ether oxygens (including phenoxy) is 1. The summed E-state index contributed by atoms with van der Waals surface area (Å²) in [5.74, 6) is 6.11. The maximum Gasteiger partial charge on any atom is 0.302 e. The summed E-state index contributed by atoms with van der Waals surface area (Å²) in [6.07, 6.45) is 15.9. The quantitative estimate of drug-likeness (QED) is 0.301. The highest BCUT2D eigenvalue weighted by molar-refractivity contribution is 5.65. The van der Waals surface area contributed by atoms with E-state index in [1.807, 2.05) is 6.08 Å². The molecule has 0 unspecified atom stereocenters. The molecular weight excluding hydrogens is 248 g/mol. The number of hydrogen-bond donors (Lipinski definition) is 0. The Balaban J connectivity index is 3.18. The van der Waals surface area contributed by atoms with Crippen LogP contribution in [-0.2, 0) is 9.53 Å². The zero-order valence-electron chi connectivity index (χ0n) is 13.2. The molecule has 0 saturated heterocycles. The predicted octanol–water partition coefficient (Wildman–Crippen LogP) is 5.03. The average molecular weight is 278 g/mol. The van der Waals surface area contributed by atoms with Crippen molar-refractivity contribution < 1.29 is 9.53 Å². The molecule has 0 N–H and O–H groups in total. The van der Waals surface area contributed by atoms with Gasteiger partial charge in [-0.05, 0) is 25.3 Å². The van der Waals surface area contributed by atoms with Crippen molar-refractivity contribution >= 4 is 5.97 Å². The second-order valence-corrected chi connectivity index (χ2v) is 5.08. The minimum Gasteiger partial charge on any atom is -0.466 e. The fourth-order valence-electron chi connectivity index (χ4n) is 1.83. The molecule has 0 atom stereocenters. The van der Waals surface area contributed by atoms with Crippen LogP contribution in [0.3, 0.4) is 0 Å². The summed E-state index contributed by atoms with van der Waals surface area (Å²) < 4.78 is 4.89. The molecule has 0 radical (unpaired) electrons. The summed E-state index contributed by atoms with van der Waals surface area (Å²) in [4.78, 5) is 10.5. The second-order valence-electron chi connectivity index (χ2n) is 5.08. The van der Waals surface area contributed by atoms with Crippen LogP contribution in [0.5, 0.6) is 0 Å². The van der Waals surface area contributed by atoms with Gasteiger partial charge in [-0.15, -0.1) is 0 Å². The molecule has 0 heterocycles. The SMILES string of the molecule is CCCCC=CC#CCCCCCCCCOC(C)=O. The molecule has 0 aromatic rings. The Morgan fingerprint density at radius 3 is 2.45 bits per heavy atom. The van der Waals surface area contributed by atoms with E-state index in [1.165, 1.54) is 45.4 Å². The van der Waals surface area contributed by atoms with Crippen LogP contribution >= 0.6 is 0 Å². The van der Waals surface area contributed by atoms with Crippen LogP contribution < -0.4 is 0 Å². The number of esters is 1. The van der Waals surface area contributed by atoms with Gasteiger partial charge in [0.1, 0.15) is 0 Å². The molecule has 0 aromatic heterocycles. The highest BCUT2D eigenvalue weighted by atomic mass is 16.5. The number of rotatable bonds is 11. The molecule has 0 amide bonds. The normalized spacial score (nSPS) is 10.3.